The predicted molar refractivity (Wildman–Crippen MR) is 84.2 cm³/mol. The molecule has 0 aliphatic heterocycles. The highest BCUT2D eigenvalue weighted by Crippen LogP contribution is 2.06. The van der Waals surface area contributed by atoms with Gasteiger partial charge >= 0.3 is 6.09 Å². The van der Waals surface area contributed by atoms with Gasteiger partial charge in [-0.25, -0.2) is 4.79 Å². The van der Waals surface area contributed by atoms with Crippen molar-refractivity contribution in [1.29, 1.82) is 0 Å². The Kier molecular flexibility index (Phi) is 5.72. The van der Waals surface area contributed by atoms with Gasteiger partial charge in [-0.3, -0.25) is 9.69 Å². The van der Waals surface area contributed by atoms with Crippen LogP contribution in [0.25, 0.3) is 0 Å². The number of imide groups is 1. The number of amides is 2. The summed E-state index contributed by atoms with van der Waals surface area (Å²) in [6.45, 7) is 0.163. The van der Waals surface area contributed by atoms with Gasteiger partial charge in [0.1, 0.15) is 6.61 Å². The summed E-state index contributed by atoms with van der Waals surface area (Å²) in [4.78, 5) is 24.9. The van der Waals surface area contributed by atoms with Crippen LogP contribution in [0.4, 0.5) is 4.79 Å². The SMILES string of the molecule is CN(C(=O)CCc1ccccc1)C(=O)OCc1ccccc1. The molecule has 0 radical (unpaired) electrons. The summed E-state index contributed by atoms with van der Waals surface area (Å²) in [5.74, 6) is -0.248. The van der Waals surface area contributed by atoms with Crippen LogP contribution >= 0.6 is 0 Å². The maximum absolute atomic E-state index is 12.0. The second-order valence-corrected chi connectivity index (χ2v) is 4.98. The number of hydrogen-bond acceptors (Lipinski definition) is 3. The second kappa shape index (κ2) is 7.98. The summed E-state index contributed by atoms with van der Waals surface area (Å²) in [6.07, 6.45) is 0.263. The van der Waals surface area contributed by atoms with Crippen LogP contribution in [-0.2, 0) is 22.6 Å². The summed E-state index contributed by atoms with van der Waals surface area (Å²) in [7, 11) is 1.45. The van der Waals surface area contributed by atoms with Crippen molar-refractivity contribution < 1.29 is 14.3 Å². The molecular weight excluding hydrogens is 278 g/mol. The van der Waals surface area contributed by atoms with Gasteiger partial charge in [0.2, 0.25) is 5.91 Å². The molecule has 2 rings (SSSR count). The molecule has 0 aliphatic carbocycles. The molecule has 0 N–H and O–H groups in total. The van der Waals surface area contributed by atoms with Crippen LogP contribution in [0.2, 0.25) is 0 Å². The number of hydrogen-bond donors (Lipinski definition) is 0. The lowest BCUT2D eigenvalue weighted by Gasteiger charge is -2.15. The Bertz CT molecular complexity index is 555. The Labute approximate surface area is 130 Å². The second-order valence-electron chi connectivity index (χ2n) is 4.98. The zero-order valence-corrected chi connectivity index (χ0v) is 12.6. The average molecular weight is 297 g/mol. The van der Waals surface area contributed by atoms with Crippen LogP contribution < -0.4 is 0 Å². The lowest BCUT2D eigenvalue weighted by Crippen LogP contribution is -2.33. The van der Waals surface area contributed by atoms with Crippen molar-refractivity contribution in [3.8, 4) is 0 Å². The molecule has 0 bridgehead atoms. The fraction of sp³-hybridized carbons (Fsp3) is 0.222. The van der Waals surface area contributed by atoms with E-state index in [0.29, 0.717) is 6.42 Å². The van der Waals surface area contributed by atoms with E-state index < -0.39 is 6.09 Å². The van der Waals surface area contributed by atoms with Crippen LogP contribution in [0.3, 0.4) is 0 Å². The lowest BCUT2D eigenvalue weighted by atomic mass is 10.1. The maximum atomic E-state index is 12.0. The first kappa shape index (κ1) is 15.8. The quantitative estimate of drug-likeness (QED) is 0.849. The molecule has 2 aromatic carbocycles. The van der Waals surface area contributed by atoms with Crippen LogP contribution in [0.15, 0.2) is 60.7 Å². The van der Waals surface area contributed by atoms with Crippen LogP contribution in [0.1, 0.15) is 17.5 Å². The van der Waals surface area contributed by atoms with Gasteiger partial charge in [0.05, 0.1) is 0 Å². The summed E-state index contributed by atoms with van der Waals surface area (Å²) in [6, 6.07) is 19.1. The highest BCUT2D eigenvalue weighted by Gasteiger charge is 2.17. The van der Waals surface area contributed by atoms with Crippen molar-refractivity contribution in [2.75, 3.05) is 7.05 Å². The molecule has 0 aromatic heterocycles. The van der Waals surface area contributed by atoms with Crippen molar-refractivity contribution in [3.63, 3.8) is 0 Å². The maximum Gasteiger partial charge on any atom is 0.416 e. The van der Waals surface area contributed by atoms with Gasteiger partial charge in [0, 0.05) is 13.5 Å². The van der Waals surface area contributed by atoms with E-state index >= 15 is 0 Å². The molecule has 0 saturated heterocycles. The number of benzene rings is 2. The molecule has 0 fully saturated rings. The van der Waals surface area contributed by atoms with Crippen molar-refractivity contribution in [2.24, 2.45) is 0 Å². The first-order valence-corrected chi connectivity index (χ1v) is 7.18. The molecule has 0 atom stereocenters. The van der Waals surface area contributed by atoms with E-state index in [1.54, 1.807) is 0 Å². The minimum Gasteiger partial charge on any atom is -0.444 e. The van der Waals surface area contributed by atoms with Gasteiger partial charge in [0.15, 0.2) is 0 Å². The Morgan fingerprint density at radius 3 is 2.05 bits per heavy atom. The third-order valence-electron chi connectivity index (χ3n) is 3.32. The predicted octanol–water partition coefficient (Wildman–Crippen LogP) is 3.41. The highest BCUT2D eigenvalue weighted by atomic mass is 16.6. The van der Waals surface area contributed by atoms with E-state index in [9.17, 15) is 9.59 Å². The molecule has 2 amide bonds. The van der Waals surface area contributed by atoms with Crippen molar-refractivity contribution >= 4 is 12.0 Å². The zero-order valence-electron chi connectivity index (χ0n) is 12.6. The van der Waals surface area contributed by atoms with Gasteiger partial charge in [-0.15, -0.1) is 0 Å². The first-order chi connectivity index (χ1) is 10.7. The minimum atomic E-state index is -0.623. The van der Waals surface area contributed by atoms with E-state index in [1.807, 2.05) is 60.7 Å². The Hall–Kier alpha value is -2.62. The number of rotatable bonds is 5. The van der Waals surface area contributed by atoms with E-state index in [4.69, 9.17) is 4.74 Å². The smallest absolute Gasteiger partial charge is 0.416 e. The van der Waals surface area contributed by atoms with Crippen molar-refractivity contribution in [1.82, 2.24) is 4.90 Å². The molecule has 0 heterocycles. The largest absolute Gasteiger partial charge is 0.444 e. The molecule has 0 saturated carbocycles. The number of nitrogens with zero attached hydrogens (tertiary/aromatic N) is 1. The molecule has 2 aromatic rings. The number of carbonyl (C=O) groups is 2. The Balaban J connectivity index is 1.78. The summed E-state index contributed by atoms with van der Waals surface area (Å²) < 4.78 is 5.13. The summed E-state index contributed by atoms with van der Waals surface area (Å²) >= 11 is 0. The van der Waals surface area contributed by atoms with Crippen LogP contribution in [-0.4, -0.2) is 23.9 Å². The summed E-state index contributed by atoms with van der Waals surface area (Å²) in [5.41, 5.74) is 1.96. The minimum absolute atomic E-state index is 0.163. The lowest BCUT2D eigenvalue weighted by molar-refractivity contribution is -0.128. The van der Waals surface area contributed by atoms with E-state index in [-0.39, 0.29) is 18.9 Å². The first-order valence-electron chi connectivity index (χ1n) is 7.18. The van der Waals surface area contributed by atoms with Gasteiger partial charge in [-0.05, 0) is 17.5 Å². The highest BCUT2D eigenvalue weighted by molar-refractivity contribution is 5.91. The van der Waals surface area contributed by atoms with Gasteiger partial charge in [-0.2, -0.15) is 0 Å². The molecule has 0 unspecified atom stereocenters. The van der Waals surface area contributed by atoms with Crippen LogP contribution in [0.5, 0.6) is 0 Å². The molecule has 4 nitrogen and oxygen atoms in total. The Morgan fingerprint density at radius 1 is 0.909 bits per heavy atom. The molecule has 0 spiro atoms. The average Bonchev–Trinajstić information content (AvgIpc) is 2.58. The monoisotopic (exact) mass is 297 g/mol. The fourth-order valence-electron chi connectivity index (χ4n) is 1.98. The third kappa shape index (κ3) is 4.74. The van der Waals surface area contributed by atoms with E-state index in [0.717, 1.165) is 16.0 Å². The number of ether oxygens (including phenoxy) is 1. The molecule has 22 heavy (non-hydrogen) atoms. The van der Waals surface area contributed by atoms with Crippen LogP contribution in [0, 0.1) is 0 Å². The van der Waals surface area contributed by atoms with Gasteiger partial charge in [-0.1, -0.05) is 60.7 Å². The fourth-order valence-corrected chi connectivity index (χ4v) is 1.98. The normalized spacial score (nSPS) is 10.0. The van der Waals surface area contributed by atoms with Gasteiger partial charge in [0.25, 0.3) is 0 Å². The molecule has 114 valence electrons. The molecular formula is C18H19NO3. The van der Waals surface area contributed by atoms with Crippen molar-refractivity contribution in [3.05, 3.63) is 71.8 Å². The number of aryl methyl sites for hydroxylation is 1. The number of carbonyl (C=O) groups excluding carboxylic acids is 2. The summed E-state index contributed by atoms with van der Waals surface area (Å²) in [5, 5.41) is 0. The zero-order chi connectivity index (χ0) is 15.8. The van der Waals surface area contributed by atoms with Gasteiger partial charge < -0.3 is 4.74 Å². The van der Waals surface area contributed by atoms with Crippen molar-refractivity contribution in [2.45, 2.75) is 19.4 Å². The third-order valence-corrected chi connectivity index (χ3v) is 3.32. The topological polar surface area (TPSA) is 46.6 Å². The van der Waals surface area contributed by atoms with E-state index in [1.165, 1.54) is 7.05 Å². The molecule has 4 heteroatoms. The Morgan fingerprint density at radius 2 is 1.45 bits per heavy atom. The van der Waals surface area contributed by atoms with E-state index in [2.05, 4.69) is 0 Å². The standard InChI is InChI=1S/C18H19NO3/c1-19(17(20)13-12-15-8-4-2-5-9-15)18(21)22-14-16-10-6-3-7-11-16/h2-11H,12-14H2,1H3. The molecule has 0 aliphatic rings.